The lowest BCUT2D eigenvalue weighted by Crippen LogP contribution is -2.50. The molecule has 2 heterocycles. The van der Waals surface area contributed by atoms with E-state index in [-0.39, 0.29) is 29.8 Å². The monoisotopic (exact) mass is 499 g/mol. The molecule has 0 radical (unpaired) electrons. The van der Waals surface area contributed by atoms with E-state index in [1.54, 1.807) is 30.6 Å². The Bertz CT molecular complexity index is 1080. The van der Waals surface area contributed by atoms with Crippen LogP contribution in [0.5, 0.6) is 0 Å². The Morgan fingerprint density at radius 2 is 1.54 bits per heavy atom. The number of hydrazine groups is 1. The fourth-order valence-electron chi connectivity index (χ4n) is 3.92. The molecule has 2 amide bonds. The largest absolute Gasteiger partial charge is 0.452 e. The third-order valence-electron chi connectivity index (χ3n) is 5.68. The summed E-state index contributed by atoms with van der Waals surface area (Å²) in [4.78, 5) is 31.7. The highest BCUT2D eigenvalue weighted by Crippen LogP contribution is 2.27. The molecule has 1 aliphatic rings. The average molecular weight is 500 g/mol. The first-order valence-electron chi connectivity index (χ1n) is 10.9. The van der Waals surface area contributed by atoms with E-state index in [0.717, 1.165) is 31.6 Å². The van der Waals surface area contributed by atoms with Crippen LogP contribution in [0, 0.1) is 0 Å². The number of amides is 2. The molecular weight excluding hydrogens is 470 g/mol. The van der Waals surface area contributed by atoms with Crippen LogP contribution < -0.4 is 15.6 Å². The summed E-state index contributed by atoms with van der Waals surface area (Å²) in [6, 6.07) is 20.2. The number of para-hydroxylation sites is 2. The molecule has 186 valence electrons. The van der Waals surface area contributed by atoms with E-state index in [1.165, 1.54) is 12.1 Å². The third kappa shape index (κ3) is 6.84. The van der Waals surface area contributed by atoms with E-state index >= 15 is 0 Å². The number of nitrogens with zero attached hydrogens (tertiary/aromatic N) is 3. The van der Waals surface area contributed by atoms with Crippen LogP contribution in [0.2, 0.25) is 0 Å². The van der Waals surface area contributed by atoms with Crippen LogP contribution in [-0.4, -0.2) is 53.7 Å². The van der Waals surface area contributed by atoms with E-state index in [2.05, 4.69) is 20.6 Å². The molecule has 0 unspecified atom stereocenters. The van der Waals surface area contributed by atoms with Gasteiger partial charge in [-0.25, -0.2) is 9.80 Å². The molecule has 2 aromatic carbocycles. The van der Waals surface area contributed by atoms with Crippen molar-refractivity contribution < 1.29 is 19.8 Å². The maximum atomic E-state index is 12.7. The zero-order valence-electron chi connectivity index (χ0n) is 19.4. The summed E-state index contributed by atoms with van der Waals surface area (Å²) >= 11 is 0. The molecule has 10 heteroatoms. The van der Waals surface area contributed by atoms with Gasteiger partial charge in [0, 0.05) is 36.7 Å². The van der Waals surface area contributed by atoms with Crippen molar-refractivity contribution in [3.8, 4) is 0 Å². The summed E-state index contributed by atoms with van der Waals surface area (Å²) < 4.78 is 5.05. The molecule has 3 aromatic rings. The highest BCUT2D eigenvalue weighted by molar-refractivity contribution is 6.05. The van der Waals surface area contributed by atoms with Crippen molar-refractivity contribution in [3.63, 3.8) is 0 Å². The fourth-order valence-corrected chi connectivity index (χ4v) is 3.92. The van der Waals surface area contributed by atoms with Gasteiger partial charge in [0.2, 0.25) is 0 Å². The second-order valence-electron chi connectivity index (χ2n) is 7.74. The van der Waals surface area contributed by atoms with Crippen LogP contribution >= 0.6 is 12.4 Å². The lowest BCUT2D eigenvalue weighted by Gasteiger charge is -2.39. The van der Waals surface area contributed by atoms with Crippen molar-refractivity contribution in [1.82, 2.24) is 9.99 Å². The number of hydrogen-bond acceptors (Lipinski definition) is 6. The van der Waals surface area contributed by atoms with Gasteiger partial charge in [0.1, 0.15) is 0 Å². The second-order valence-corrected chi connectivity index (χ2v) is 7.74. The molecule has 0 spiro atoms. The number of hydrogen-bond donors (Lipinski definition) is 2. The summed E-state index contributed by atoms with van der Waals surface area (Å²) in [6.45, 7) is 1.60. The molecule has 0 aliphatic carbocycles. The standard InChI is InChI=1S/C25H27N5O3.ClH.H2O/c1-33-25(32)30(21-13-17-29(18-14-21)20-11-15-26-16-12-20)28-23-10-6-5-9-22(23)27-24(31)19-7-3-2-4-8-19;;/h2-12,15-16,21,28H,13-14,17-18H2,1H3,(H,27,31);1H;1H2. The third-order valence-corrected chi connectivity index (χ3v) is 5.68. The molecule has 1 saturated heterocycles. The predicted molar refractivity (Wildman–Crippen MR) is 139 cm³/mol. The summed E-state index contributed by atoms with van der Waals surface area (Å²) in [6.07, 6.45) is 4.63. The van der Waals surface area contributed by atoms with Crippen molar-refractivity contribution in [1.29, 1.82) is 0 Å². The molecular formula is C25H30ClN5O4. The first kappa shape index (κ1) is 27.4. The number of carbonyl (C=O) groups excluding carboxylic acids is 2. The van der Waals surface area contributed by atoms with Crippen LogP contribution in [0.1, 0.15) is 23.2 Å². The fraction of sp³-hybridized carbons (Fsp3) is 0.240. The van der Waals surface area contributed by atoms with Crippen molar-refractivity contribution in [2.24, 2.45) is 0 Å². The molecule has 1 aliphatic heterocycles. The number of aromatic nitrogens is 1. The van der Waals surface area contributed by atoms with Crippen molar-refractivity contribution in [2.45, 2.75) is 18.9 Å². The second kappa shape index (κ2) is 13.2. The predicted octanol–water partition coefficient (Wildman–Crippen LogP) is 4.00. The highest BCUT2D eigenvalue weighted by atomic mass is 35.5. The molecule has 35 heavy (non-hydrogen) atoms. The summed E-state index contributed by atoms with van der Waals surface area (Å²) in [7, 11) is 1.37. The number of methoxy groups -OCH3 is 1. The van der Waals surface area contributed by atoms with Crippen molar-refractivity contribution >= 4 is 41.5 Å². The van der Waals surface area contributed by atoms with Gasteiger partial charge in [0.25, 0.3) is 5.91 Å². The Labute approximate surface area is 210 Å². The van der Waals surface area contributed by atoms with Crippen LogP contribution in [0.3, 0.4) is 0 Å². The Morgan fingerprint density at radius 1 is 0.943 bits per heavy atom. The minimum absolute atomic E-state index is 0. The maximum absolute atomic E-state index is 12.7. The van der Waals surface area contributed by atoms with Gasteiger partial charge in [0.15, 0.2) is 0 Å². The quantitative estimate of drug-likeness (QED) is 0.495. The summed E-state index contributed by atoms with van der Waals surface area (Å²) in [5.41, 5.74) is 6.06. The number of piperidine rings is 1. The zero-order valence-corrected chi connectivity index (χ0v) is 20.2. The maximum Gasteiger partial charge on any atom is 0.428 e. The van der Waals surface area contributed by atoms with Crippen molar-refractivity contribution in [3.05, 3.63) is 84.7 Å². The normalized spacial score (nSPS) is 13.0. The van der Waals surface area contributed by atoms with Crippen LogP contribution in [-0.2, 0) is 4.74 Å². The zero-order chi connectivity index (χ0) is 23.0. The van der Waals surface area contributed by atoms with E-state index < -0.39 is 6.09 Å². The van der Waals surface area contributed by atoms with Crippen LogP contribution in [0.4, 0.5) is 21.9 Å². The highest BCUT2D eigenvalue weighted by Gasteiger charge is 2.29. The molecule has 0 saturated carbocycles. The van der Waals surface area contributed by atoms with Crippen molar-refractivity contribution in [2.75, 3.05) is 35.8 Å². The average Bonchev–Trinajstić information content (AvgIpc) is 2.89. The number of benzene rings is 2. The van der Waals surface area contributed by atoms with Gasteiger partial charge in [0.05, 0.1) is 24.5 Å². The molecule has 4 N–H and O–H groups in total. The Morgan fingerprint density at radius 3 is 2.17 bits per heavy atom. The van der Waals surface area contributed by atoms with Gasteiger partial charge in [-0.3, -0.25) is 15.2 Å². The Hall–Kier alpha value is -3.82. The van der Waals surface area contributed by atoms with Crippen LogP contribution in [0.15, 0.2) is 79.1 Å². The number of rotatable bonds is 6. The molecule has 9 nitrogen and oxygen atoms in total. The van der Waals surface area contributed by atoms with E-state index in [9.17, 15) is 9.59 Å². The molecule has 1 fully saturated rings. The smallest absolute Gasteiger partial charge is 0.428 e. The lowest BCUT2D eigenvalue weighted by atomic mass is 10.0. The lowest BCUT2D eigenvalue weighted by molar-refractivity contribution is 0.102. The minimum Gasteiger partial charge on any atom is -0.452 e. The molecule has 0 bridgehead atoms. The Balaban J connectivity index is 0.00000216. The molecule has 0 atom stereocenters. The van der Waals surface area contributed by atoms with Gasteiger partial charge in [-0.05, 0) is 49.2 Å². The number of nitrogens with one attached hydrogen (secondary N) is 2. The topological polar surface area (TPSA) is 118 Å². The van der Waals surface area contributed by atoms with Gasteiger partial charge in [-0.1, -0.05) is 30.3 Å². The van der Waals surface area contributed by atoms with Gasteiger partial charge in [-0.15, -0.1) is 12.4 Å². The Kier molecular flexibility index (Phi) is 10.3. The van der Waals surface area contributed by atoms with Gasteiger partial charge in [-0.2, -0.15) is 0 Å². The first-order chi connectivity index (χ1) is 16.2. The first-order valence-corrected chi connectivity index (χ1v) is 10.9. The number of anilines is 3. The number of carbonyl (C=O) groups is 2. The molecule has 1 aromatic heterocycles. The SMILES string of the molecule is COC(=O)N(Nc1ccccc1NC(=O)c1ccccc1)C1CCN(c2ccncc2)CC1.Cl.O. The van der Waals surface area contributed by atoms with E-state index in [0.29, 0.717) is 16.9 Å². The van der Waals surface area contributed by atoms with Gasteiger partial charge >= 0.3 is 6.09 Å². The summed E-state index contributed by atoms with van der Waals surface area (Å²) in [5, 5.41) is 4.45. The number of pyridine rings is 1. The summed E-state index contributed by atoms with van der Waals surface area (Å²) in [5.74, 6) is -0.222. The van der Waals surface area contributed by atoms with E-state index in [1.807, 2.05) is 48.5 Å². The van der Waals surface area contributed by atoms with Crippen LogP contribution in [0.25, 0.3) is 0 Å². The van der Waals surface area contributed by atoms with E-state index in [4.69, 9.17) is 4.74 Å². The van der Waals surface area contributed by atoms with Gasteiger partial charge < -0.3 is 20.4 Å². The number of ether oxygens (including phenoxy) is 1. The number of halogens is 1. The molecule has 4 rings (SSSR count). The minimum atomic E-state index is -0.471.